The van der Waals surface area contributed by atoms with E-state index < -0.39 is 0 Å². The van der Waals surface area contributed by atoms with Crippen LogP contribution in [0.5, 0.6) is 0 Å². The molecule has 0 aliphatic heterocycles. The van der Waals surface area contributed by atoms with Crippen molar-refractivity contribution < 1.29 is 0 Å². The van der Waals surface area contributed by atoms with Crippen LogP contribution >= 0.6 is 11.3 Å². The highest BCUT2D eigenvalue weighted by molar-refractivity contribution is 7.18. The van der Waals surface area contributed by atoms with Crippen molar-refractivity contribution in [3.8, 4) is 10.6 Å². The molecule has 0 aromatic carbocycles. The van der Waals surface area contributed by atoms with E-state index in [2.05, 4.69) is 15.3 Å². The van der Waals surface area contributed by atoms with Gasteiger partial charge in [0.25, 0.3) is 0 Å². The molecule has 66 valence electrons. The van der Waals surface area contributed by atoms with E-state index in [1.165, 1.54) is 0 Å². The summed E-state index contributed by atoms with van der Waals surface area (Å²) in [6.07, 6.45) is 3.62. The largest absolute Gasteiger partial charge is 0.365 e. The molecule has 0 unspecified atom stereocenters. The first-order valence-corrected chi connectivity index (χ1v) is 4.77. The number of thiazole rings is 1. The lowest BCUT2D eigenvalue weighted by molar-refractivity contribution is 1.32. The van der Waals surface area contributed by atoms with Crippen LogP contribution in [-0.4, -0.2) is 17.0 Å². The van der Waals surface area contributed by atoms with Gasteiger partial charge in [0.1, 0.15) is 0 Å². The summed E-state index contributed by atoms with van der Waals surface area (Å²) in [4.78, 5) is 9.51. The summed E-state index contributed by atoms with van der Waals surface area (Å²) in [5.74, 6) is 0. The van der Waals surface area contributed by atoms with Gasteiger partial charge in [0, 0.05) is 19.4 Å². The summed E-state index contributed by atoms with van der Waals surface area (Å²) < 4.78 is 0. The third kappa shape index (κ3) is 1.67. The highest BCUT2D eigenvalue weighted by atomic mass is 32.1. The van der Waals surface area contributed by atoms with Crippen LogP contribution in [0.4, 0.5) is 5.13 Å². The van der Waals surface area contributed by atoms with Gasteiger partial charge in [-0.3, -0.25) is 4.98 Å². The van der Waals surface area contributed by atoms with Crippen molar-refractivity contribution in [3.63, 3.8) is 0 Å². The first-order valence-electron chi connectivity index (χ1n) is 3.95. The number of anilines is 1. The molecule has 2 aromatic heterocycles. The summed E-state index contributed by atoms with van der Waals surface area (Å²) in [6.45, 7) is 0. The summed E-state index contributed by atoms with van der Waals surface area (Å²) in [6, 6.07) is 5.86. The second-order valence-corrected chi connectivity index (χ2v) is 3.53. The molecule has 13 heavy (non-hydrogen) atoms. The molecule has 0 atom stereocenters. The van der Waals surface area contributed by atoms with Gasteiger partial charge >= 0.3 is 0 Å². The van der Waals surface area contributed by atoms with Gasteiger partial charge in [-0.25, -0.2) is 4.98 Å². The maximum atomic E-state index is 4.24. The van der Waals surface area contributed by atoms with Crippen molar-refractivity contribution in [3.05, 3.63) is 30.6 Å². The molecule has 0 amide bonds. The van der Waals surface area contributed by atoms with Gasteiger partial charge in [0.2, 0.25) is 0 Å². The van der Waals surface area contributed by atoms with Crippen molar-refractivity contribution >= 4 is 16.5 Å². The molecular formula is C9H9N3S. The van der Waals surface area contributed by atoms with Crippen molar-refractivity contribution in [2.45, 2.75) is 0 Å². The molecule has 0 saturated heterocycles. The number of aromatic nitrogens is 2. The fraction of sp³-hybridized carbons (Fsp3) is 0.111. The Kier molecular flexibility index (Phi) is 2.23. The molecule has 0 radical (unpaired) electrons. The van der Waals surface area contributed by atoms with Gasteiger partial charge in [0.15, 0.2) is 5.13 Å². The van der Waals surface area contributed by atoms with Gasteiger partial charge in [-0.1, -0.05) is 17.4 Å². The average Bonchev–Trinajstić information content (AvgIpc) is 2.67. The maximum Gasteiger partial charge on any atom is 0.182 e. The van der Waals surface area contributed by atoms with Crippen LogP contribution in [0.3, 0.4) is 0 Å². The Hall–Kier alpha value is -1.42. The second kappa shape index (κ2) is 3.53. The lowest BCUT2D eigenvalue weighted by Gasteiger charge is -1.92. The van der Waals surface area contributed by atoms with Gasteiger partial charge in [-0.2, -0.15) is 0 Å². The third-order valence-electron chi connectivity index (χ3n) is 1.64. The van der Waals surface area contributed by atoms with Crippen LogP contribution in [0.1, 0.15) is 0 Å². The van der Waals surface area contributed by atoms with Gasteiger partial charge in [-0.15, -0.1) is 0 Å². The van der Waals surface area contributed by atoms with Crippen molar-refractivity contribution in [2.24, 2.45) is 0 Å². The van der Waals surface area contributed by atoms with Crippen molar-refractivity contribution in [1.82, 2.24) is 9.97 Å². The van der Waals surface area contributed by atoms with Crippen molar-refractivity contribution in [2.75, 3.05) is 12.4 Å². The van der Waals surface area contributed by atoms with Crippen LogP contribution in [0.2, 0.25) is 0 Å². The lowest BCUT2D eigenvalue weighted by atomic mass is 10.3. The SMILES string of the molecule is CNc1ncc(-c2ccccn2)s1. The standard InChI is InChI=1S/C9H9N3S/c1-10-9-12-6-8(13-9)7-4-2-3-5-11-7/h2-6H,1H3,(H,10,12). The highest BCUT2D eigenvalue weighted by Gasteiger charge is 2.02. The second-order valence-electron chi connectivity index (χ2n) is 2.49. The van der Waals surface area contributed by atoms with Crippen LogP contribution in [-0.2, 0) is 0 Å². The molecule has 0 bridgehead atoms. The zero-order chi connectivity index (χ0) is 9.10. The van der Waals surface area contributed by atoms with E-state index in [0.717, 1.165) is 15.7 Å². The normalized spacial score (nSPS) is 9.92. The minimum Gasteiger partial charge on any atom is -0.365 e. The fourth-order valence-electron chi connectivity index (χ4n) is 1.02. The van der Waals surface area contributed by atoms with Crippen LogP contribution < -0.4 is 5.32 Å². The molecule has 2 aromatic rings. The monoisotopic (exact) mass is 191 g/mol. The van der Waals surface area contributed by atoms with Gasteiger partial charge in [-0.05, 0) is 12.1 Å². The Morgan fingerprint density at radius 3 is 2.85 bits per heavy atom. The molecule has 3 nitrogen and oxygen atoms in total. The van der Waals surface area contributed by atoms with E-state index >= 15 is 0 Å². The molecule has 0 saturated carbocycles. The molecule has 2 rings (SSSR count). The average molecular weight is 191 g/mol. The smallest absolute Gasteiger partial charge is 0.182 e. The van der Waals surface area contributed by atoms with E-state index in [0.29, 0.717) is 0 Å². The summed E-state index contributed by atoms with van der Waals surface area (Å²) in [7, 11) is 1.86. The van der Waals surface area contributed by atoms with Crippen molar-refractivity contribution in [1.29, 1.82) is 0 Å². The van der Waals surface area contributed by atoms with E-state index in [1.807, 2.05) is 31.4 Å². The topological polar surface area (TPSA) is 37.8 Å². The van der Waals surface area contributed by atoms with E-state index in [1.54, 1.807) is 17.5 Å². The fourth-order valence-corrected chi connectivity index (χ4v) is 1.76. The Labute approximate surface area is 80.5 Å². The number of nitrogens with zero attached hydrogens (tertiary/aromatic N) is 2. The maximum absolute atomic E-state index is 4.24. The Balaban J connectivity index is 2.36. The Morgan fingerprint density at radius 2 is 2.23 bits per heavy atom. The summed E-state index contributed by atoms with van der Waals surface area (Å²) in [5, 5.41) is 3.91. The predicted octanol–water partition coefficient (Wildman–Crippen LogP) is 2.25. The lowest BCUT2D eigenvalue weighted by Crippen LogP contribution is -1.83. The molecule has 0 fully saturated rings. The molecule has 0 spiro atoms. The van der Waals surface area contributed by atoms with Crippen LogP contribution in [0, 0.1) is 0 Å². The summed E-state index contributed by atoms with van der Waals surface area (Å²) >= 11 is 1.60. The molecule has 4 heteroatoms. The Bertz CT molecular complexity index is 383. The summed E-state index contributed by atoms with van der Waals surface area (Å²) in [5.41, 5.74) is 0.974. The molecule has 1 N–H and O–H groups in total. The molecule has 0 aliphatic rings. The van der Waals surface area contributed by atoms with Crippen LogP contribution in [0.25, 0.3) is 10.6 Å². The number of hydrogen-bond acceptors (Lipinski definition) is 4. The van der Waals surface area contributed by atoms with E-state index in [9.17, 15) is 0 Å². The third-order valence-corrected chi connectivity index (χ3v) is 2.67. The molecule has 2 heterocycles. The molecular weight excluding hydrogens is 182 g/mol. The van der Waals surface area contributed by atoms with E-state index in [-0.39, 0.29) is 0 Å². The predicted molar refractivity (Wildman–Crippen MR) is 54.9 cm³/mol. The first-order chi connectivity index (χ1) is 6.40. The minimum absolute atomic E-state index is 0.917. The zero-order valence-electron chi connectivity index (χ0n) is 7.19. The number of rotatable bonds is 2. The molecule has 0 aliphatic carbocycles. The van der Waals surface area contributed by atoms with Crippen LogP contribution in [0.15, 0.2) is 30.6 Å². The van der Waals surface area contributed by atoms with Gasteiger partial charge < -0.3 is 5.32 Å². The Morgan fingerprint density at radius 1 is 1.31 bits per heavy atom. The zero-order valence-corrected chi connectivity index (χ0v) is 8.01. The minimum atomic E-state index is 0.917. The van der Waals surface area contributed by atoms with Gasteiger partial charge in [0.05, 0.1) is 10.6 Å². The highest BCUT2D eigenvalue weighted by Crippen LogP contribution is 2.26. The van der Waals surface area contributed by atoms with E-state index in [4.69, 9.17) is 0 Å². The number of hydrogen-bond donors (Lipinski definition) is 1. The number of nitrogens with one attached hydrogen (secondary N) is 1. The first kappa shape index (κ1) is 8.19. The number of pyridine rings is 1. The quantitative estimate of drug-likeness (QED) is 0.791.